The zero-order chi connectivity index (χ0) is 21.2. The lowest BCUT2D eigenvalue weighted by atomic mass is 10.1. The highest BCUT2D eigenvalue weighted by Crippen LogP contribution is 2.35. The van der Waals surface area contributed by atoms with Crippen molar-refractivity contribution in [2.24, 2.45) is 0 Å². The van der Waals surface area contributed by atoms with Crippen LogP contribution in [0.5, 0.6) is 11.5 Å². The summed E-state index contributed by atoms with van der Waals surface area (Å²) in [5, 5.41) is -0.339. The van der Waals surface area contributed by atoms with Crippen LogP contribution < -0.4 is 8.92 Å². The van der Waals surface area contributed by atoms with Gasteiger partial charge >= 0.3 is 10.1 Å². The van der Waals surface area contributed by atoms with Crippen LogP contribution in [0.25, 0.3) is 6.08 Å². The van der Waals surface area contributed by atoms with Crippen LogP contribution in [0.3, 0.4) is 0 Å². The fourth-order valence-corrected chi connectivity index (χ4v) is 4.05. The molecule has 9 heteroatoms. The van der Waals surface area contributed by atoms with Gasteiger partial charge in [-0.15, -0.1) is 0 Å². The zero-order valence-corrected chi connectivity index (χ0v) is 17.7. The molecular formula is C20H19NO6S2. The molecule has 1 fully saturated rings. The van der Waals surface area contributed by atoms with Gasteiger partial charge in [0.1, 0.15) is 0 Å². The average molecular weight is 434 g/mol. The van der Waals surface area contributed by atoms with E-state index in [1.807, 2.05) is 31.2 Å². The SMILES string of the molecule is COc1cc(/C=C2\SC(=O)N(Cc3ccccc3C)C2=O)ccc1OS(C)(=O)=O. The summed E-state index contributed by atoms with van der Waals surface area (Å²) in [6.45, 7) is 2.13. The number of ether oxygens (including phenoxy) is 1. The third-order valence-electron chi connectivity index (χ3n) is 4.19. The fraction of sp³-hybridized carbons (Fsp3) is 0.200. The number of imide groups is 1. The molecular weight excluding hydrogens is 414 g/mol. The van der Waals surface area contributed by atoms with Gasteiger partial charge in [0.05, 0.1) is 24.8 Å². The number of nitrogens with zero attached hydrogens (tertiary/aromatic N) is 1. The molecule has 29 heavy (non-hydrogen) atoms. The number of methoxy groups -OCH3 is 1. The van der Waals surface area contributed by atoms with Crippen molar-refractivity contribution in [2.45, 2.75) is 13.5 Å². The first-order chi connectivity index (χ1) is 13.7. The van der Waals surface area contributed by atoms with Crippen molar-refractivity contribution in [3.05, 3.63) is 64.1 Å². The molecule has 1 aliphatic rings. The summed E-state index contributed by atoms with van der Waals surface area (Å²) < 4.78 is 32.7. The zero-order valence-electron chi connectivity index (χ0n) is 16.0. The third-order valence-corrected chi connectivity index (χ3v) is 5.58. The second-order valence-corrected chi connectivity index (χ2v) is 8.96. The minimum absolute atomic E-state index is 0.0415. The summed E-state index contributed by atoms with van der Waals surface area (Å²) in [6, 6.07) is 12.1. The molecule has 0 spiro atoms. The smallest absolute Gasteiger partial charge is 0.306 e. The van der Waals surface area contributed by atoms with Gasteiger partial charge in [0, 0.05) is 0 Å². The molecule has 0 radical (unpaired) electrons. The first-order valence-corrected chi connectivity index (χ1v) is 11.2. The van der Waals surface area contributed by atoms with Crippen LogP contribution in [-0.2, 0) is 21.5 Å². The summed E-state index contributed by atoms with van der Waals surface area (Å²) in [4.78, 5) is 26.6. The van der Waals surface area contributed by atoms with Gasteiger partial charge in [0.25, 0.3) is 11.1 Å². The van der Waals surface area contributed by atoms with E-state index in [0.717, 1.165) is 29.1 Å². The highest BCUT2D eigenvalue weighted by Gasteiger charge is 2.35. The van der Waals surface area contributed by atoms with E-state index in [4.69, 9.17) is 8.92 Å². The lowest BCUT2D eigenvalue weighted by Crippen LogP contribution is -2.27. The first kappa shape index (κ1) is 20.9. The second-order valence-electron chi connectivity index (χ2n) is 6.39. The van der Waals surface area contributed by atoms with Gasteiger partial charge in [-0.05, 0) is 53.6 Å². The first-order valence-electron chi connectivity index (χ1n) is 8.55. The van der Waals surface area contributed by atoms with Crippen molar-refractivity contribution in [2.75, 3.05) is 13.4 Å². The van der Waals surface area contributed by atoms with Crippen LogP contribution in [0.2, 0.25) is 0 Å². The predicted molar refractivity (Wildman–Crippen MR) is 111 cm³/mol. The van der Waals surface area contributed by atoms with Gasteiger partial charge in [-0.2, -0.15) is 8.42 Å². The highest BCUT2D eigenvalue weighted by molar-refractivity contribution is 8.18. The van der Waals surface area contributed by atoms with Crippen LogP contribution in [0, 0.1) is 6.92 Å². The average Bonchev–Trinajstić information content (AvgIpc) is 2.91. The molecule has 0 unspecified atom stereocenters. The van der Waals surface area contributed by atoms with Crippen LogP contribution in [-0.4, -0.2) is 37.8 Å². The number of carbonyl (C=O) groups is 2. The molecule has 2 amide bonds. The molecule has 0 bridgehead atoms. The number of amides is 2. The van der Waals surface area contributed by atoms with E-state index in [0.29, 0.717) is 5.56 Å². The molecule has 1 heterocycles. The summed E-state index contributed by atoms with van der Waals surface area (Å²) >= 11 is 0.860. The van der Waals surface area contributed by atoms with Crippen molar-refractivity contribution < 1.29 is 26.9 Å². The van der Waals surface area contributed by atoms with Crippen molar-refractivity contribution >= 4 is 39.1 Å². The number of thioether (sulfide) groups is 1. The Morgan fingerprint density at radius 1 is 1.10 bits per heavy atom. The minimum Gasteiger partial charge on any atom is -0.493 e. The second kappa shape index (κ2) is 8.30. The Hall–Kier alpha value is -2.78. The standard InChI is InChI=1S/C20H19NO6S2/c1-13-6-4-5-7-15(13)12-21-19(22)18(28-20(21)23)11-14-8-9-16(17(10-14)26-2)27-29(3,24)25/h4-11H,12H2,1-3H3/b18-11-. The molecule has 0 atom stereocenters. The Morgan fingerprint density at radius 3 is 2.48 bits per heavy atom. The van der Waals surface area contributed by atoms with Crippen molar-refractivity contribution in [3.63, 3.8) is 0 Å². The van der Waals surface area contributed by atoms with E-state index in [2.05, 4.69) is 0 Å². The largest absolute Gasteiger partial charge is 0.493 e. The number of hydrogen-bond acceptors (Lipinski definition) is 7. The van der Waals surface area contributed by atoms with Crippen LogP contribution >= 0.6 is 11.8 Å². The molecule has 3 rings (SSSR count). The van der Waals surface area contributed by atoms with Gasteiger partial charge in [-0.1, -0.05) is 30.3 Å². The Balaban J connectivity index is 1.84. The van der Waals surface area contributed by atoms with Crippen LogP contribution in [0.4, 0.5) is 4.79 Å². The van der Waals surface area contributed by atoms with Gasteiger partial charge < -0.3 is 8.92 Å². The van der Waals surface area contributed by atoms with Gasteiger partial charge in [0.2, 0.25) is 0 Å². The summed E-state index contributed by atoms with van der Waals surface area (Å²) in [5.41, 5.74) is 2.48. The maximum atomic E-state index is 12.7. The normalized spacial score (nSPS) is 15.8. The third kappa shape index (κ3) is 4.99. The van der Waals surface area contributed by atoms with E-state index in [-0.39, 0.29) is 34.1 Å². The number of aryl methyl sites for hydroxylation is 1. The molecule has 7 nitrogen and oxygen atoms in total. The molecule has 2 aromatic carbocycles. The Morgan fingerprint density at radius 2 is 1.83 bits per heavy atom. The summed E-state index contributed by atoms with van der Waals surface area (Å²) in [6.07, 6.45) is 2.50. The molecule has 152 valence electrons. The number of carbonyl (C=O) groups excluding carboxylic acids is 2. The molecule has 0 aliphatic carbocycles. The van der Waals surface area contributed by atoms with Crippen molar-refractivity contribution in [3.8, 4) is 11.5 Å². The minimum atomic E-state index is -3.71. The monoisotopic (exact) mass is 433 g/mol. The molecule has 0 saturated carbocycles. The number of benzene rings is 2. The lowest BCUT2D eigenvalue weighted by Gasteiger charge is -2.14. The Kier molecular flexibility index (Phi) is 5.99. The number of hydrogen-bond donors (Lipinski definition) is 0. The molecule has 2 aromatic rings. The Bertz CT molecular complexity index is 1110. The summed E-state index contributed by atoms with van der Waals surface area (Å²) in [5.74, 6) is -0.137. The Labute approximate surface area is 173 Å². The fourth-order valence-electron chi connectivity index (χ4n) is 2.75. The maximum absolute atomic E-state index is 12.7. The number of rotatable bonds is 6. The molecule has 1 saturated heterocycles. The molecule has 0 aromatic heterocycles. The molecule has 0 N–H and O–H groups in total. The van der Waals surface area contributed by atoms with Crippen LogP contribution in [0.1, 0.15) is 16.7 Å². The van der Waals surface area contributed by atoms with Gasteiger partial charge in [-0.25, -0.2) is 0 Å². The van der Waals surface area contributed by atoms with E-state index >= 15 is 0 Å². The van der Waals surface area contributed by atoms with Gasteiger partial charge in [0.15, 0.2) is 11.5 Å². The van der Waals surface area contributed by atoms with E-state index in [1.54, 1.807) is 12.1 Å². The van der Waals surface area contributed by atoms with E-state index < -0.39 is 10.1 Å². The van der Waals surface area contributed by atoms with E-state index in [9.17, 15) is 18.0 Å². The molecule has 1 aliphatic heterocycles. The topological polar surface area (TPSA) is 90.0 Å². The van der Waals surface area contributed by atoms with Crippen molar-refractivity contribution in [1.82, 2.24) is 4.90 Å². The van der Waals surface area contributed by atoms with Gasteiger partial charge in [-0.3, -0.25) is 14.5 Å². The van der Waals surface area contributed by atoms with Crippen LogP contribution in [0.15, 0.2) is 47.4 Å². The highest BCUT2D eigenvalue weighted by atomic mass is 32.2. The van der Waals surface area contributed by atoms with Crippen molar-refractivity contribution in [1.29, 1.82) is 0 Å². The lowest BCUT2D eigenvalue weighted by molar-refractivity contribution is -0.123. The quantitative estimate of drug-likeness (QED) is 0.508. The van der Waals surface area contributed by atoms with E-state index in [1.165, 1.54) is 24.1 Å². The maximum Gasteiger partial charge on any atom is 0.306 e. The summed E-state index contributed by atoms with van der Waals surface area (Å²) in [7, 11) is -2.33. The predicted octanol–water partition coefficient (Wildman–Crippen LogP) is 3.58.